The average Bonchev–Trinajstić information content (AvgIpc) is 3.22. The first kappa shape index (κ1) is 18.9. The molecule has 0 amide bonds. The van der Waals surface area contributed by atoms with Crippen LogP contribution in [0.3, 0.4) is 0 Å². The summed E-state index contributed by atoms with van der Waals surface area (Å²) in [6.45, 7) is 2.04. The predicted octanol–water partition coefficient (Wildman–Crippen LogP) is 8.15. The zero-order valence-corrected chi connectivity index (χ0v) is 18.4. The molecule has 6 aromatic rings. The zero-order chi connectivity index (χ0) is 21.5. The summed E-state index contributed by atoms with van der Waals surface area (Å²) in [7, 11) is 0. The Labute approximate surface area is 190 Å². The summed E-state index contributed by atoms with van der Waals surface area (Å²) in [4.78, 5) is 9.80. The van der Waals surface area contributed by atoms with Crippen LogP contribution in [-0.4, -0.2) is 9.97 Å². The van der Waals surface area contributed by atoms with Gasteiger partial charge in [-0.1, -0.05) is 84.9 Å². The summed E-state index contributed by atoms with van der Waals surface area (Å²) in [6.07, 6.45) is 0. The Morgan fingerprint density at radius 1 is 0.562 bits per heavy atom. The lowest BCUT2D eigenvalue weighted by molar-refractivity contribution is 1.12. The van der Waals surface area contributed by atoms with Gasteiger partial charge in [-0.2, -0.15) is 0 Å². The second-order valence-corrected chi connectivity index (χ2v) is 9.02. The molecule has 0 aliphatic heterocycles. The molecule has 0 aliphatic rings. The van der Waals surface area contributed by atoms with Gasteiger partial charge in [-0.25, -0.2) is 9.97 Å². The highest BCUT2D eigenvalue weighted by molar-refractivity contribution is 7.25. The Hall–Kier alpha value is -3.82. The van der Waals surface area contributed by atoms with Gasteiger partial charge in [0.05, 0.1) is 5.69 Å². The number of fused-ring (bicyclic) bond motifs is 3. The van der Waals surface area contributed by atoms with Crippen LogP contribution in [0.5, 0.6) is 0 Å². The normalized spacial score (nSPS) is 11.3. The number of nitrogens with zero attached hydrogens (tertiary/aromatic N) is 2. The van der Waals surface area contributed by atoms with Crippen molar-refractivity contribution >= 4 is 31.5 Å². The van der Waals surface area contributed by atoms with Gasteiger partial charge in [0.15, 0.2) is 5.82 Å². The van der Waals surface area contributed by atoms with Crippen molar-refractivity contribution in [2.24, 2.45) is 0 Å². The lowest BCUT2D eigenvalue weighted by Crippen LogP contribution is -1.96. The van der Waals surface area contributed by atoms with E-state index in [-0.39, 0.29) is 0 Å². The van der Waals surface area contributed by atoms with Crippen molar-refractivity contribution in [1.82, 2.24) is 9.97 Å². The molecule has 2 heterocycles. The number of aromatic nitrogens is 2. The summed E-state index contributed by atoms with van der Waals surface area (Å²) in [6, 6.07) is 36.1. The molecule has 2 aromatic heterocycles. The maximum Gasteiger partial charge on any atom is 0.160 e. The van der Waals surface area contributed by atoms with Crippen molar-refractivity contribution in [3.8, 4) is 33.8 Å². The van der Waals surface area contributed by atoms with E-state index in [4.69, 9.17) is 9.97 Å². The van der Waals surface area contributed by atoms with E-state index >= 15 is 0 Å². The lowest BCUT2D eigenvalue weighted by atomic mass is 9.97. The fourth-order valence-electron chi connectivity index (χ4n) is 4.28. The molecule has 0 N–H and O–H groups in total. The standard InChI is InChI=1S/C29H20N2S/c1-19-17-26(23-12-6-5-11-22(23)20-9-3-2-4-10-20)31-29(30-19)21-15-16-25-24-13-7-8-14-27(24)32-28(25)18-21/h2-18H,1H3. The molecule has 0 saturated carbocycles. The third-order valence-corrected chi connectivity index (χ3v) is 6.91. The molecule has 6 rings (SSSR count). The van der Waals surface area contributed by atoms with E-state index in [0.29, 0.717) is 0 Å². The molecule has 0 bridgehead atoms. The first-order valence-corrected chi connectivity index (χ1v) is 11.5. The maximum atomic E-state index is 5.01. The highest BCUT2D eigenvalue weighted by Gasteiger charge is 2.13. The molecule has 0 fully saturated rings. The third kappa shape index (κ3) is 3.28. The van der Waals surface area contributed by atoms with Crippen LogP contribution in [0.25, 0.3) is 53.9 Å². The quantitative estimate of drug-likeness (QED) is 0.284. The molecule has 0 saturated heterocycles. The minimum absolute atomic E-state index is 0.766. The Kier molecular flexibility index (Phi) is 4.55. The highest BCUT2D eigenvalue weighted by Crippen LogP contribution is 2.36. The van der Waals surface area contributed by atoms with E-state index in [1.165, 1.54) is 31.3 Å². The molecule has 3 heteroatoms. The minimum Gasteiger partial charge on any atom is -0.233 e. The van der Waals surface area contributed by atoms with Crippen molar-refractivity contribution < 1.29 is 0 Å². The molecule has 2 nitrogen and oxygen atoms in total. The average molecular weight is 429 g/mol. The van der Waals surface area contributed by atoms with Crippen molar-refractivity contribution in [2.75, 3.05) is 0 Å². The molecule has 4 aromatic carbocycles. The largest absolute Gasteiger partial charge is 0.233 e. The van der Waals surface area contributed by atoms with Gasteiger partial charge in [0, 0.05) is 37.0 Å². The van der Waals surface area contributed by atoms with Crippen molar-refractivity contribution in [2.45, 2.75) is 6.92 Å². The zero-order valence-electron chi connectivity index (χ0n) is 17.6. The molecule has 152 valence electrons. The fourth-order valence-corrected chi connectivity index (χ4v) is 5.42. The number of benzene rings is 4. The number of thiophene rings is 1. The summed E-state index contributed by atoms with van der Waals surface area (Å²) < 4.78 is 2.57. The van der Waals surface area contributed by atoms with Crippen molar-refractivity contribution in [1.29, 1.82) is 0 Å². The summed E-state index contributed by atoms with van der Waals surface area (Å²) in [5.74, 6) is 0.766. The number of aryl methyl sites for hydroxylation is 1. The molecule has 0 aliphatic carbocycles. The topological polar surface area (TPSA) is 25.8 Å². The SMILES string of the molecule is Cc1cc(-c2ccccc2-c2ccccc2)nc(-c2ccc3c(c2)sc2ccccc23)n1. The van der Waals surface area contributed by atoms with E-state index in [9.17, 15) is 0 Å². The second-order valence-electron chi connectivity index (χ2n) is 7.94. The first-order chi connectivity index (χ1) is 15.8. The molecule has 0 atom stereocenters. The van der Waals surface area contributed by atoms with Crippen LogP contribution in [0.1, 0.15) is 5.69 Å². The Bertz CT molecular complexity index is 1580. The van der Waals surface area contributed by atoms with Crippen molar-refractivity contribution in [3.63, 3.8) is 0 Å². The molecule has 32 heavy (non-hydrogen) atoms. The van der Waals surface area contributed by atoms with E-state index in [2.05, 4.69) is 97.1 Å². The highest BCUT2D eigenvalue weighted by atomic mass is 32.1. The van der Waals surface area contributed by atoms with Crippen LogP contribution >= 0.6 is 11.3 Å². The van der Waals surface area contributed by atoms with Crippen LogP contribution < -0.4 is 0 Å². The molecular weight excluding hydrogens is 408 g/mol. The van der Waals surface area contributed by atoms with E-state index in [0.717, 1.165) is 28.3 Å². The summed E-state index contributed by atoms with van der Waals surface area (Å²) >= 11 is 1.82. The van der Waals surface area contributed by atoms with E-state index < -0.39 is 0 Å². The second kappa shape index (κ2) is 7.70. The Morgan fingerprint density at radius 3 is 2.16 bits per heavy atom. The predicted molar refractivity (Wildman–Crippen MR) is 136 cm³/mol. The fraction of sp³-hybridized carbons (Fsp3) is 0.0345. The van der Waals surface area contributed by atoms with Crippen LogP contribution in [0.15, 0.2) is 103 Å². The van der Waals surface area contributed by atoms with Gasteiger partial charge in [-0.3, -0.25) is 0 Å². The van der Waals surface area contributed by atoms with E-state index in [1.807, 2.05) is 24.3 Å². The number of hydrogen-bond acceptors (Lipinski definition) is 3. The van der Waals surface area contributed by atoms with Gasteiger partial charge in [-0.05, 0) is 36.2 Å². The number of hydrogen-bond donors (Lipinski definition) is 0. The molecule has 0 spiro atoms. The van der Waals surface area contributed by atoms with Crippen LogP contribution in [0.4, 0.5) is 0 Å². The monoisotopic (exact) mass is 428 g/mol. The minimum atomic E-state index is 0.766. The van der Waals surface area contributed by atoms with Crippen LogP contribution in [0.2, 0.25) is 0 Å². The van der Waals surface area contributed by atoms with E-state index in [1.54, 1.807) is 0 Å². The van der Waals surface area contributed by atoms with Gasteiger partial charge >= 0.3 is 0 Å². The Morgan fingerprint density at radius 2 is 1.28 bits per heavy atom. The van der Waals surface area contributed by atoms with Gasteiger partial charge in [0.25, 0.3) is 0 Å². The Balaban J connectivity index is 1.50. The smallest absolute Gasteiger partial charge is 0.160 e. The molecule has 0 unspecified atom stereocenters. The van der Waals surface area contributed by atoms with Crippen LogP contribution in [0, 0.1) is 6.92 Å². The lowest BCUT2D eigenvalue weighted by Gasteiger charge is -2.11. The summed E-state index contributed by atoms with van der Waals surface area (Å²) in [5.41, 5.74) is 6.44. The van der Waals surface area contributed by atoms with Crippen LogP contribution in [-0.2, 0) is 0 Å². The maximum absolute atomic E-state index is 5.01. The van der Waals surface area contributed by atoms with Crippen molar-refractivity contribution in [3.05, 3.63) is 109 Å². The van der Waals surface area contributed by atoms with Gasteiger partial charge < -0.3 is 0 Å². The molecular formula is C29H20N2S. The molecule has 0 radical (unpaired) electrons. The van der Waals surface area contributed by atoms with Gasteiger partial charge in [-0.15, -0.1) is 11.3 Å². The van der Waals surface area contributed by atoms with Gasteiger partial charge in [0.1, 0.15) is 0 Å². The van der Waals surface area contributed by atoms with Gasteiger partial charge in [0.2, 0.25) is 0 Å². The summed E-state index contributed by atoms with van der Waals surface area (Å²) in [5, 5.41) is 2.60. The first-order valence-electron chi connectivity index (χ1n) is 10.7. The number of rotatable bonds is 3. The third-order valence-electron chi connectivity index (χ3n) is 5.78.